The molecule has 1 aromatic rings. The molecule has 0 fully saturated rings. The minimum Gasteiger partial charge on any atom is -0.326 e. The molecule has 0 unspecified atom stereocenters. The van der Waals surface area contributed by atoms with E-state index in [9.17, 15) is 9.18 Å². The summed E-state index contributed by atoms with van der Waals surface area (Å²) in [6.45, 7) is 2.04. The van der Waals surface area contributed by atoms with Gasteiger partial charge in [-0.25, -0.2) is 4.39 Å². The first-order valence-electron chi connectivity index (χ1n) is 5.31. The van der Waals surface area contributed by atoms with Gasteiger partial charge in [0.15, 0.2) is 0 Å². The largest absolute Gasteiger partial charge is 0.326 e. The predicted molar refractivity (Wildman–Crippen MR) is 60.2 cm³/mol. The Morgan fingerprint density at radius 1 is 1.56 bits per heavy atom. The van der Waals surface area contributed by atoms with Gasteiger partial charge in [0, 0.05) is 18.5 Å². The Labute approximate surface area is 94.1 Å². The van der Waals surface area contributed by atoms with Gasteiger partial charge in [0.25, 0.3) is 0 Å². The lowest BCUT2D eigenvalue weighted by molar-refractivity contribution is -0.116. The molecule has 16 heavy (non-hydrogen) atoms. The van der Waals surface area contributed by atoms with Gasteiger partial charge in [0.05, 0.1) is 18.1 Å². The Morgan fingerprint density at radius 3 is 2.94 bits per heavy atom. The van der Waals surface area contributed by atoms with Crippen LogP contribution in [0.15, 0.2) is 12.4 Å². The van der Waals surface area contributed by atoms with Gasteiger partial charge in [0.2, 0.25) is 5.91 Å². The SMILES string of the molecule is CCCCC(=O)Nc1cncc(F)c1CN. The third-order valence-corrected chi connectivity index (χ3v) is 2.24. The number of hydrogen-bond donors (Lipinski definition) is 2. The molecule has 0 aliphatic rings. The van der Waals surface area contributed by atoms with Crippen LogP contribution >= 0.6 is 0 Å². The Kier molecular flexibility index (Phi) is 4.85. The highest BCUT2D eigenvalue weighted by Gasteiger charge is 2.09. The fourth-order valence-corrected chi connectivity index (χ4v) is 1.33. The molecule has 0 aromatic carbocycles. The molecule has 0 saturated carbocycles. The molecule has 0 aliphatic carbocycles. The van der Waals surface area contributed by atoms with Crippen LogP contribution in [-0.4, -0.2) is 10.9 Å². The van der Waals surface area contributed by atoms with Crippen molar-refractivity contribution in [2.24, 2.45) is 5.73 Å². The van der Waals surface area contributed by atoms with Gasteiger partial charge in [-0.1, -0.05) is 13.3 Å². The van der Waals surface area contributed by atoms with E-state index in [2.05, 4.69) is 10.3 Å². The Hall–Kier alpha value is -1.49. The van der Waals surface area contributed by atoms with E-state index in [0.717, 1.165) is 19.0 Å². The van der Waals surface area contributed by atoms with Gasteiger partial charge in [-0.15, -0.1) is 0 Å². The number of aromatic nitrogens is 1. The van der Waals surface area contributed by atoms with Gasteiger partial charge in [-0.05, 0) is 6.42 Å². The van der Waals surface area contributed by atoms with E-state index in [4.69, 9.17) is 5.73 Å². The first-order chi connectivity index (χ1) is 7.69. The standard InChI is InChI=1S/C11H16FN3O/c1-2-3-4-11(16)15-10-7-14-6-9(12)8(10)5-13/h6-7H,2-5,13H2,1H3,(H,15,16). The molecule has 3 N–H and O–H groups in total. The summed E-state index contributed by atoms with van der Waals surface area (Å²) in [6, 6.07) is 0. The third-order valence-electron chi connectivity index (χ3n) is 2.24. The summed E-state index contributed by atoms with van der Waals surface area (Å²) >= 11 is 0. The topological polar surface area (TPSA) is 68.0 Å². The number of nitrogens with zero attached hydrogens (tertiary/aromatic N) is 1. The lowest BCUT2D eigenvalue weighted by Crippen LogP contribution is -2.15. The summed E-state index contributed by atoms with van der Waals surface area (Å²) in [5.74, 6) is -0.625. The van der Waals surface area contributed by atoms with Crippen molar-refractivity contribution >= 4 is 11.6 Å². The van der Waals surface area contributed by atoms with Crippen LogP contribution in [0.25, 0.3) is 0 Å². The predicted octanol–water partition coefficient (Wildman–Crippen LogP) is 1.81. The first-order valence-corrected chi connectivity index (χ1v) is 5.31. The van der Waals surface area contributed by atoms with Crippen LogP contribution in [0, 0.1) is 5.82 Å². The second-order valence-corrected chi connectivity index (χ2v) is 3.50. The van der Waals surface area contributed by atoms with Gasteiger partial charge in [-0.2, -0.15) is 0 Å². The Bertz CT molecular complexity index is 368. The summed E-state index contributed by atoms with van der Waals surface area (Å²) in [6.07, 6.45) is 4.68. The molecule has 0 saturated heterocycles. The van der Waals surface area contributed by atoms with Crippen molar-refractivity contribution in [3.8, 4) is 0 Å². The number of rotatable bonds is 5. The summed E-state index contributed by atoms with van der Waals surface area (Å²) in [5.41, 5.74) is 6.06. The van der Waals surface area contributed by atoms with E-state index in [1.54, 1.807) is 0 Å². The second-order valence-electron chi connectivity index (χ2n) is 3.50. The van der Waals surface area contributed by atoms with Crippen molar-refractivity contribution < 1.29 is 9.18 Å². The number of unbranched alkanes of at least 4 members (excludes halogenated alkanes) is 1. The molecular weight excluding hydrogens is 209 g/mol. The number of hydrogen-bond acceptors (Lipinski definition) is 3. The summed E-state index contributed by atoms with van der Waals surface area (Å²) in [4.78, 5) is 15.1. The highest BCUT2D eigenvalue weighted by Crippen LogP contribution is 2.17. The minimum absolute atomic E-state index is 0.0394. The van der Waals surface area contributed by atoms with E-state index in [1.807, 2.05) is 6.92 Å². The van der Waals surface area contributed by atoms with Gasteiger partial charge < -0.3 is 11.1 Å². The van der Waals surface area contributed by atoms with Crippen molar-refractivity contribution in [2.75, 3.05) is 5.32 Å². The van der Waals surface area contributed by atoms with E-state index >= 15 is 0 Å². The molecule has 1 heterocycles. The van der Waals surface area contributed by atoms with Crippen LogP contribution in [0.4, 0.5) is 10.1 Å². The number of amides is 1. The molecule has 4 nitrogen and oxygen atoms in total. The third kappa shape index (κ3) is 3.27. The molecule has 0 radical (unpaired) electrons. The van der Waals surface area contributed by atoms with E-state index < -0.39 is 5.82 Å². The summed E-state index contributed by atoms with van der Waals surface area (Å²) in [7, 11) is 0. The summed E-state index contributed by atoms with van der Waals surface area (Å²) in [5, 5.41) is 2.62. The van der Waals surface area contributed by atoms with Crippen molar-refractivity contribution in [1.29, 1.82) is 0 Å². The molecule has 1 amide bonds. The van der Waals surface area contributed by atoms with Gasteiger partial charge in [0.1, 0.15) is 5.82 Å². The van der Waals surface area contributed by atoms with Crippen molar-refractivity contribution in [3.05, 3.63) is 23.8 Å². The van der Waals surface area contributed by atoms with E-state index in [-0.39, 0.29) is 12.5 Å². The van der Waals surface area contributed by atoms with Crippen LogP contribution in [0.5, 0.6) is 0 Å². The monoisotopic (exact) mass is 225 g/mol. The average molecular weight is 225 g/mol. The molecule has 88 valence electrons. The average Bonchev–Trinajstić information content (AvgIpc) is 2.27. The maximum Gasteiger partial charge on any atom is 0.224 e. The lowest BCUT2D eigenvalue weighted by atomic mass is 10.2. The zero-order chi connectivity index (χ0) is 12.0. The van der Waals surface area contributed by atoms with Crippen molar-refractivity contribution in [2.45, 2.75) is 32.7 Å². The number of carbonyl (C=O) groups is 1. The maximum absolute atomic E-state index is 13.3. The van der Waals surface area contributed by atoms with E-state index in [1.165, 1.54) is 6.20 Å². The maximum atomic E-state index is 13.3. The zero-order valence-electron chi connectivity index (χ0n) is 9.29. The highest BCUT2D eigenvalue weighted by molar-refractivity contribution is 5.91. The second kappa shape index (κ2) is 6.17. The lowest BCUT2D eigenvalue weighted by Gasteiger charge is -2.09. The fourth-order valence-electron chi connectivity index (χ4n) is 1.33. The van der Waals surface area contributed by atoms with Crippen molar-refractivity contribution in [3.63, 3.8) is 0 Å². The number of anilines is 1. The van der Waals surface area contributed by atoms with Crippen LogP contribution < -0.4 is 11.1 Å². The zero-order valence-corrected chi connectivity index (χ0v) is 9.29. The molecule has 0 aliphatic heterocycles. The Morgan fingerprint density at radius 2 is 2.31 bits per heavy atom. The fraction of sp³-hybridized carbons (Fsp3) is 0.455. The minimum atomic E-state index is -0.490. The first kappa shape index (κ1) is 12.6. The number of pyridine rings is 1. The van der Waals surface area contributed by atoms with Crippen LogP contribution in [0.2, 0.25) is 0 Å². The van der Waals surface area contributed by atoms with Crippen LogP contribution in [0.1, 0.15) is 31.7 Å². The number of halogens is 1. The quantitative estimate of drug-likeness (QED) is 0.803. The number of carbonyl (C=O) groups excluding carboxylic acids is 1. The van der Waals surface area contributed by atoms with Gasteiger partial charge >= 0.3 is 0 Å². The summed E-state index contributed by atoms with van der Waals surface area (Å²) < 4.78 is 13.3. The molecule has 1 aromatic heterocycles. The van der Waals surface area contributed by atoms with Gasteiger partial charge in [-0.3, -0.25) is 9.78 Å². The smallest absolute Gasteiger partial charge is 0.224 e. The van der Waals surface area contributed by atoms with Crippen LogP contribution in [0.3, 0.4) is 0 Å². The normalized spacial score (nSPS) is 10.2. The molecule has 0 atom stereocenters. The molecule has 1 rings (SSSR count). The van der Waals surface area contributed by atoms with Crippen LogP contribution in [-0.2, 0) is 11.3 Å². The number of nitrogens with two attached hydrogens (primary N) is 1. The molecule has 0 bridgehead atoms. The number of nitrogens with one attached hydrogen (secondary N) is 1. The highest BCUT2D eigenvalue weighted by atomic mass is 19.1. The molecule has 0 spiro atoms. The molecular formula is C11H16FN3O. The van der Waals surface area contributed by atoms with E-state index in [0.29, 0.717) is 17.7 Å². The van der Waals surface area contributed by atoms with Crippen molar-refractivity contribution in [1.82, 2.24) is 4.98 Å². The molecule has 5 heteroatoms. The Balaban J connectivity index is 2.73.